The van der Waals surface area contributed by atoms with Gasteiger partial charge in [-0.05, 0) is 39.3 Å². The number of rotatable bonds is 6. The maximum absolute atomic E-state index is 4.05. The molecular weight excluding hydrogens is 305 g/mol. The molecule has 1 aromatic heterocycles. The quantitative estimate of drug-likeness (QED) is 0.813. The fourth-order valence-corrected chi connectivity index (χ4v) is 2.15. The van der Waals surface area contributed by atoms with Crippen molar-refractivity contribution in [3.63, 3.8) is 0 Å². The summed E-state index contributed by atoms with van der Waals surface area (Å²) in [5, 5.41) is 3.62. The Hall–Kier alpha value is -1.03. The smallest absolute Gasteiger partial charge is 0.0945 e. The van der Waals surface area contributed by atoms with Gasteiger partial charge in [-0.15, -0.1) is 24.8 Å². The van der Waals surface area contributed by atoms with Gasteiger partial charge in [-0.25, -0.2) is 4.98 Å². The molecule has 2 rings (SSSR count). The number of imidazole rings is 1. The molecule has 0 radical (unpaired) electrons. The number of aromatic nitrogens is 2. The average molecular weight is 330 g/mol. The lowest BCUT2D eigenvalue weighted by atomic mass is 9.93. The van der Waals surface area contributed by atoms with Crippen LogP contribution in [0.15, 0.2) is 43.0 Å². The Labute approximate surface area is 140 Å². The van der Waals surface area contributed by atoms with Crippen molar-refractivity contribution in [3.8, 4) is 0 Å². The van der Waals surface area contributed by atoms with Crippen LogP contribution in [0.5, 0.6) is 0 Å². The van der Waals surface area contributed by atoms with E-state index in [2.05, 4.69) is 59.9 Å². The fraction of sp³-hybridized carbons (Fsp3) is 0.438. The summed E-state index contributed by atoms with van der Waals surface area (Å²) in [5.41, 5.74) is 2.66. The molecule has 0 saturated heterocycles. The predicted octanol–water partition coefficient (Wildman–Crippen LogP) is 3.95. The Bertz CT molecular complexity index is 493. The van der Waals surface area contributed by atoms with Crippen molar-refractivity contribution in [2.24, 2.45) is 0 Å². The van der Waals surface area contributed by atoms with Crippen LogP contribution < -0.4 is 5.32 Å². The largest absolute Gasteiger partial charge is 0.337 e. The second-order valence-electron chi connectivity index (χ2n) is 5.57. The Balaban J connectivity index is 0.00000200. The highest BCUT2D eigenvalue weighted by Gasteiger charge is 2.18. The minimum Gasteiger partial charge on any atom is -0.337 e. The van der Waals surface area contributed by atoms with Gasteiger partial charge >= 0.3 is 0 Å². The van der Waals surface area contributed by atoms with E-state index in [0.717, 1.165) is 19.5 Å². The molecule has 5 heteroatoms. The average Bonchev–Trinajstić information content (AvgIpc) is 2.88. The number of nitrogens with zero attached hydrogens (tertiary/aromatic N) is 2. The van der Waals surface area contributed by atoms with Gasteiger partial charge in [0.25, 0.3) is 0 Å². The van der Waals surface area contributed by atoms with Crippen LogP contribution in [0.1, 0.15) is 31.4 Å². The molecule has 0 unspecified atom stereocenters. The highest BCUT2D eigenvalue weighted by molar-refractivity contribution is 5.85. The third-order valence-corrected chi connectivity index (χ3v) is 3.49. The van der Waals surface area contributed by atoms with Crippen molar-refractivity contribution < 1.29 is 0 Å². The summed E-state index contributed by atoms with van der Waals surface area (Å²) in [6, 6.07) is 8.75. The van der Waals surface area contributed by atoms with Gasteiger partial charge in [0, 0.05) is 24.5 Å². The summed E-state index contributed by atoms with van der Waals surface area (Å²) in [6.45, 7) is 8.59. The van der Waals surface area contributed by atoms with E-state index in [1.54, 1.807) is 0 Å². The Morgan fingerprint density at radius 1 is 1.14 bits per heavy atom. The normalized spacial score (nSPS) is 10.6. The van der Waals surface area contributed by atoms with E-state index in [0.29, 0.717) is 0 Å². The summed E-state index contributed by atoms with van der Waals surface area (Å²) in [4.78, 5) is 4.05. The number of halogens is 2. The van der Waals surface area contributed by atoms with Crippen LogP contribution in [-0.2, 0) is 12.1 Å². The van der Waals surface area contributed by atoms with Crippen LogP contribution >= 0.6 is 24.8 Å². The molecule has 0 aliphatic heterocycles. The Kier molecular flexibility index (Phi) is 8.64. The van der Waals surface area contributed by atoms with Crippen LogP contribution in [0.2, 0.25) is 0 Å². The van der Waals surface area contributed by atoms with Gasteiger partial charge in [-0.3, -0.25) is 0 Å². The molecule has 3 nitrogen and oxygen atoms in total. The highest BCUT2D eigenvalue weighted by atomic mass is 35.5. The van der Waals surface area contributed by atoms with E-state index in [4.69, 9.17) is 0 Å². The zero-order chi connectivity index (χ0) is 13.7. The van der Waals surface area contributed by atoms with Gasteiger partial charge in [0.05, 0.1) is 6.33 Å². The molecule has 0 aliphatic carbocycles. The standard InChI is InChI=1S/C16H23N3.2ClH/c1-14-5-7-15(8-6-14)16(2,3)18-9-4-11-19-12-10-17-13-19;;/h5-8,10,12-13,18H,4,9,11H2,1-3H3;2*1H. The van der Waals surface area contributed by atoms with Crippen molar-refractivity contribution in [3.05, 3.63) is 54.1 Å². The Morgan fingerprint density at radius 3 is 2.38 bits per heavy atom. The maximum atomic E-state index is 4.05. The third-order valence-electron chi connectivity index (χ3n) is 3.49. The van der Waals surface area contributed by atoms with Crippen molar-refractivity contribution >= 4 is 24.8 Å². The molecule has 0 atom stereocenters. The SMILES string of the molecule is Cc1ccc(C(C)(C)NCCCn2ccnc2)cc1.Cl.Cl. The van der Waals surface area contributed by atoms with Crippen LogP contribution in [0.3, 0.4) is 0 Å². The fourth-order valence-electron chi connectivity index (χ4n) is 2.15. The molecule has 1 heterocycles. The van der Waals surface area contributed by atoms with E-state index >= 15 is 0 Å². The van der Waals surface area contributed by atoms with Crippen LogP contribution in [-0.4, -0.2) is 16.1 Å². The summed E-state index contributed by atoms with van der Waals surface area (Å²) in [7, 11) is 0. The number of benzene rings is 1. The van der Waals surface area contributed by atoms with Gasteiger partial charge in [0.15, 0.2) is 0 Å². The predicted molar refractivity (Wildman–Crippen MR) is 93.5 cm³/mol. The first-order chi connectivity index (χ1) is 9.08. The van der Waals surface area contributed by atoms with E-state index in [1.807, 2.05) is 18.7 Å². The van der Waals surface area contributed by atoms with Crippen LogP contribution in [0.4, 0.5) is 0 Å². The summed E-state index contributed by atoms with van der Waals surface area (Å²) in [6.07, 6.45) is 6.80. The first-order valence-electron chi connectivity index (χ1n) is 6.86. The second kappa shape index (κ2) is 9.08. The highest BCUT2D eigenvalue weighted by Crippen LogP contribution is 2.20. The zero-order valence-corrected chi connectivity index (χ0v) is 14.5. The molecule has 0 aliphatic rings. The number of aryl methyl sites for hydroxylation is 2. The van der Waals surface area contributed by atoms with Crippen molar-refractivity contribution in [1.29, 1.82) is 0 Å². The van der Waals surface area contributed by atoms with E-state index in [9.17, 15) is 0 Å². The molecule has 0 amide bonds. The lowest BCUT2D eigenvalue weighted by molar-refractivity contribution is 0.393. The minimum absolute atomic E-state index is 0. The summed E-state index contributed by atoms with van der Waals surface area (Å²) >= 11 is 0. The van der Waals surface area contributed by atoms with Crippen molar-refractivity contribution in [1.82, 2.24) is 14.9 Å². The van der Waals surface area contributed by atoms with E-state index in [-0.39, 0.29) is 30.4 Å². The summed E-state index contributed by atoms with van der Waals surface area (Å²) < 4.78 is 2.11. The molecule has 1 aromatic carbocycles. The third kappa shape index (κ3) is 6.08. The van der Waals surface area contributed by atoms with Crippen molar-refractivity contribution in [2.75, 3.05) is 6.54 Å². The minimum atomic E-state index is 0. The molecule has 2 aromatic rings. The van der Waals surface area contributed by atoms with Gasteiger partial charge < -0.3 is 9.88 Å². The van der Waals surface area contributed by atoms with Crippen LogP contribution in [0.25, 0.3) is 0 Å². The molecule has 0 saturated carbocycles. The van der Waals surface area contributed by atoms with Gasteiger partial charge in [-0.1, -0.05) is 29.8 Å². The Morgan fingerprint density at radius 2 is 1.81 bits per heavy atom. The van der Waals surface area contributed by atoms with Gasteiger partial charge in [-0.2, -0.15) is 0 Å². The topological polar surface area (TPSA) is 29.9 Å². The molecule has 1 N–H and O–H groups in total. The van der Waals surface area contributed by atoms with Gasteiger partial charge in [0.1, 0.15) is 0 Å². The monoisotopic (exact) mass is 329 g/mol. The maximum Gasteiger partial charge on any atom is 0.0945 e. The first kappa shape index (κ1) is 20.0. The van der Waals surface area contributed by atoms with Crippen LogP contribution in [0, 0.1) is 6.92 Å². The number of hydrogen-bond donors (Lipinski definition) is 1. The lowest BCUT2D eigenvalue weighted by Crippen LogP contribution is -2.37. The summed E-state index contributed by atoms with van der Waals surface area (Å²) in [5.74, 6) is 0. The van der Waals surface area contributed by atoms with E-state index in [1.165, 1.54) is 11.1 Å². The second-order valence-corrected chi connectivity index (χ2v) is 5.57. The molecular formula is C16H25Cl2N3. The molecule has 0 bridgehead atoms. The zero-order valence-electron chi connectivity index (χ0n) is 12.9. The molecule has 0 spiro atoms. The molecule has 0 fully saturated rings. The number of nitrogens with one attached hydrogen (secondary N) is 1. The molecule has 118 valence electrons. The lowest BCUT2D eigenvalue weighted by Gasteiger charge is -2.27. The van der Waals surface area contributed by atoms with E-state index < -0.39 is 0 Å². The van der Waals surface area contributed by atoms with Gasteiger partial charge in [0.2, 0.25) is 0 Å². The first-order valence-corrected chi connectivity index (χ1v) is 6.86. The number of hydrogen-bond acceptors (Lipinski definition) is 2. The van der Waals surface area contributed by atoms with Crippen molar-refractivity contribution in [2.45, 2.75) is 39.3 Å². The molecule has 21 heavy (non-hydrogen) atoms.